The molecule has 0 aliphatic rings. The summed E-state index contributed by atoms with van der Waals surface area (Å²) < 4.78 is 19.3. The molecular weight excluding hydrogens is 259 g/mol. The standard InChI is InChI=1S/C15H17FN2O2/c1-10(2)14-8-13(11-4-6-12(16)7-5-11)17-18(14)9-15(19)20-3/h4-8,10H,9H2,1-3H3. The van der Waals surface area contributed by atoms with Crippen LogP contribution in [0.1, 0.15) is 25.5 Å². The van der Waals surface area contributed by atoms with Crippen LogP contribution in [0.25, 0.3) is 11.3 Å². The van der Waals surface area contributed by atoms with Gasteiger partial charge in [-0.3, -0.25) is 9.48 Å². The fraction of sp³-hybridized carbons (Fsp3) is 0.333. The second kappa shape index (κ2) is 5.86. The molecule has 4 nitrogen and oxygen atoms in total. The van der Waals surface area contributed by atoms with Crippen molar-refractivity contribution in [2.45, 2.75) is 26.3 Å². The Balaban J connectivity index is 2.38. The number of carbonyl (C=O) groups excluding carboxylic acids is 1. The number of halogens is 1. The van der Waals surface area contributed by atoms with Crippen LogP contribution in [-0.2, 0) is 16.1 Å². The van der Waals surface area contributed by atoms with Crippen LogP contribution in [0.15, 0.2) is 30.3 Å². The van der Waals surface area contributed by atoms with E-state index in [1.54, 1.807) is 16.8 Å². The molecule has 2 aromatic rings. The van der Waals surface area contributed by atoms with Crippen molar-refractivity contribution in [3.63, 3.8) is 0 Å². The molecule has 0 aliphatic heterocycles. The van der Waals surface area contributed by atoms with Crippen LogP contribution in [0.5, 0.6) is 0 Å². The Labute approximate surface area is 117 Å². The largest absolute Gasteiger partial charge is 0.468 e. The molecule has 1 aromatic carbocycles. The van der Waals surface area contributed by atoms with E-state index in [0.717, 1.165) is 17.0 Å². The quantitative estimate of drug-likeness (QED) is 0.806. The number of nitrogens with zero attached hydrogens (tertiary/aromatic N) is 2. The molecule has 0 amide bonds. The van der Waals surface area contributed by atoms with E-state index < -0.39 is 0 Å². The number of hydrogen-bond acceptors (Lipinski definition) is 3. The van der Waals surface area contributed by atoms with Gasteiger partial charge in [-0.2, -0.15) is 5.10 Å². The number of hydrogen-bond donors (Lipinski definition) is 0. The molecule has 1 aromatic heterocycles. The predicted molar refractivity (Wildman–Crippen MR) is 73.7 cm³/mol. The van der Waals surface area contributed by atoms with Gasteiger partial charge in [-0.15, -0.1) is 0 Å². The molecule has 1 heterocycles. The van der Waals surface area contributed by atoms with Crippen molar-refractivity contribution in [1.82, 2.24) is 9.78 Å². The van der Waals surface area contributed by atoms with E-state index in [0.29, 0.717) is 0 Å². The van der Waals surface area contributed by atoms with E-state index in [-0.39, 0.29) is 24.2 Å². The Bertz CT molecular complexity index is 603. The van der Waals surface area contributed by atoms with Gasteiger partial charge in [-0.1, -0.05) is 13.8 Å². The Morgan fingerprint density at radius 1 is 1.35 bits per heavy atom. The van der Waals surface area contributed by atoms with Crippen molar-refractivity contribution in [2.75, 3.05) is 7.11 Å². The minimum atomic E-state index is -0.347. The molecule has 0 radical (unpaired) electrons. The summed E-state index contributed by atoms with van der Waals surface area (Å²) in [6.45, 7) is 4.13. The normalized spacial score (nSPS) is 10.8. The van der Waals surface area contributed by atoms with E-state index in [1.165, 1.54) is 19.2 Å². The van der Waals surface area contributed by atoms with Crippen LogP contribution in [0.4, 0.5) is 4.39 Å². The third-order valence-corrected chi connectivity index (χ3v) is 3.05. The second-order valence-corrected chi connectivity index (χ2v) is 4.85. The van der Waals surface area contributed by atoms with Gasteiger partial charge in [0.2, 0.25) is 0 Å². The predicted octanol–water partition coefficient (Wildman–Crippen LogP) is 2.99. The lowest BCUT2D eigenvalue weighted by molar-refractivity contribution is -0.141. The zero-order chi connectivity index (χ0) is 14.7. The van der Waals surface area contributed by atoms with Gasteiger partial charge >= 0.3 is 5.97 Å². The lowest BCUT2D eigenvalue weighted by Gasteiger charge is -2.08. The number of ether oxygens (including phenoxy) is 1. The fourth-order valence-electron chi connectivity index (χ4n) is 1.97. The highest BCUT2D eigenvalue weighted by Gasteiger charge is 2.15. The lowest BCUT2D eigenvalue weighted by Crippen LogP contribution is -2.15. The summed E-state index contributed by atoms with van der Waals surface area (Å²) >= 11 is 0. The summed E-state index contributed by atoms with van der Waals surface area (Å²) in [6.07, 6.45) is 0. The van der Waals surface area contributed by atoms with Crippen LogP contribution in [0.2, 0.25) is 0 Å². The number of carbonyl (C=O) groups is 1. The molecule has 0 spiro atoms. The van der Waals surface area contributed by atoms with E-state index in [1.807, 2.05) is 19.9 Å². The fourth-order valence-corrected chi connectivity index (χ4v) is 1.97. The molecule has 0 atom stereocenters. The summed E-state index contributed by atoms with van der Waals surface area (Å²) in [5, 5.41) is 4.41. The lowest BCUT2D eigenvalue weighted by atomic mass is 10.1. The molecule has 2 rings (SSSR count). The van der Waals surface area contributed by atoms with Gasteiger partial charge in [-0.05, 0) is 36.2 Å². The SMILES string of the molecule is COC(=O)Cn1nc(-c2ccc(F)cc2)cc1C(C)C. The van der Waals surface area contributed by atoms with Crippen LogP contribution in [0, 0.1) is 5.82 Å². The Hall–Kier alpha value is -2.17. The van der Waals surface area contributed by atoms with Crippen molar-refractivity contribution in [1.29, 1.82) is 0 Å². The Morgan fingerprint density at radius 3 is 2.55 bits per heavy atom. The highest BCUT2D eigenvalue weighted by Crippen LogP contribution is 2.23. The van der Waals surface area contributed by atoms with E-state index >= 15 is 0 Å². The zero-order valence-electron chi connectivity index (χ0n) is 11.8. The van der Waals surface area contributed by atoms with Crippen LogP contribution in [0.3, 0.4) is 0 Å². The minimum Gasteiger partial charge on any atom is -0.468 e. The maximum atomic E-state index is 12.9. The van der Waals surface area contributed by atoms with Crippen molar-refractivity contribution in [2.24, 2.45) is 0 Å². The molecule has 5 heteroatoms. The molecule has 0 fully saturated rings. The minimum absolute atomic E-state index is 0.0746. The topological polar surface area (TPSA) is 44.1 Å². The summed E-state index contributed by atoms with van der Waals surface area (Å²) in [6, 6.07) is 8.04. The molecule has 0 saturated heterocycles. The first kappa shape index (κ1) is 14.2. The molecule has 20 heavy (non-hydrogen) atoms. The van der Waals surface area contributed by atoms with E-state index in [9.17, 15) is 9.18 Å². The van der Waals surface area contributed by atoms with Crippen molar-refractivity contribution < 1.29 is 13.9 Å². The third kappa shape index (κ3) is 3.04. The summed E-state index contributed by atoms with van der Waals surface area (Å²) in [5.74, 6) is -0.408. The first-order valence-corrected chi connectivity index (χ1v) is 6.41. The van der Waals surface area contributed by atoms with Crippen LogP contribution >= 0.6 is 0 Å². The summed E-state index contributed by atoms with van der Waals surface area (Å²) in [4.78, 5) is 11.4. The zero-order valence-corrected chi connectivity index (χ0v) is 11.8. The summed E-state index contributed by atoms with van der Waals surface area (Å²) in [5.41, 5.74) is 2.48. The van der Waals surface area contributed by atoms with Crippen LogP contribution in [-0.4, -0.2) is 22.9 Å². The van der Waals surface area contributed by atoms with Gasteiger partial charge in [0, 0.05) is 11.3 Å². The molecule has 0 aliphatic carbocycles. The van der Waals surface area contributed by atoms with Crippen molar-refractivity contribution >= 4 is 5.97 Å². The molecule has 0 bridgehead atoms. The number of benzene rings is 1. The second-order valence-electron chi connectivity index (χ2n) is 4.85. The van der Waals surface area contributed by atoms with E-state index in [4.69, 9.17) is 0 Å². The first-order valence-electron chi connectivity index (χ1n) is 6.41. The molecular formula is C15H17FN2O2. The Morgan fingerprint density at radius 2 is 2.00 bits per heavy atom. The third-order valence-electron chi connectivity index (χ3n) is 3.05. The number of rotatable bonds is 4. The Kier molecular flexibility index (Phi) is 4.17. The molecule has 0 saturated carbocycles. The molecule has 0 unspecified atom stereocenters. The molecule has 106 valence electrons. The monoisotopic (exact) mass is 276 g/mol. The highest BCUT2D eigenvalue weighted by molar-refractivity contribution is 5.69. The number of aromatic nitrogens is 2. The van der Waals surface area contributed by atoms with Gasteiger partial charge in [0.15, 0.2) is 0 Å². The van der Waals surface area contributed by atoms with Gasteiger partial charge in [0.1, 0.15) is 12.4 Å². The maximum absolute atomic E-state index is 12.9. The summed E-state index contributed by atoms with van der Waals surface area (Å²) in [7, 11) is 1.35. The number of esters is 1. The van der Waals surface area contributed by atoms with Crippen molar-refractivity contribution in [3.8, 4) is 11.3 Å². The average molecular weight is 276 g/mol. The van der Waals surface area contributed by atoms with Crippen LogP contribution < -0.4 is 0 Å². The highest BCUT2D eigenvalue weighted by atomic mass is 19.1. The number of methoxy groups -OCH3 is 1. The van der Waals surface area contributed by atoms with Gasteiger partial charge < -0.3 is 4.74 Å². The van der Waals surface area contributed by atoms with Gasteiger partial charge in [0.25, 0.3) is 0 Å². The smallest absolute Gasteiger partial charge is 0.327 e. The maximum Gasteiger partial charge on any atom is 0.327 e. The van der Waals surface area contributed by atoms with Gasteiger partial charge in [0.05, 0.1) is 12.8 Å². The van der Waals surface area contributed by atoms with E-state index in [2.05, 4.69) is 9.84 Å². The molecule has 0 N–H and O–H groups in total. The van der Waals surface area contributed by atoms with Crippen molar-refractivity contribution in [3.05, 3.63) is 41.8 Å². The average Bonchev–Trinajstić information content (AvgIpc) is 2.83. The van der Waals surface area contributed by atoms with Gasteiger partial charge in [-0.25, -0.2) is 4.39 Å². The first-order chi connectivity index (χ1) is 9.51.